The molecule has 5 nitrogen and oxygen atoms in total. The third-order valence-corrected chi connectivity index (χ3v) is 3.59. The highest BCUT2D eigenvalue weighted by molar-refractivity contribution is 6.03. The van der Waals surface area contributed by atoms with Crippen LogP contribution in [0, 0.1) is 0 Å². The summed E-state index contributed by atoms with van der Waals surface area (Å²) in [6.45, 7) is 2.16. The maximum absolute atomic E-state index is 12.1. The number of hydrogen-bond acceptors (Lipinski definition) is 4. The lowest BCUT2D eigenvalue weighted by atomic mass is 10.2. The summed E-state index contributed by atoms with van der Waals surface area (Å²) < 4.78 is 0. The number of carbonyl (C=O) groups is 1. The Kier molecular flexibility index (Phi) is 7.13. The van der Waals surface area contributed by atoms with Gasteiger partial charge in [-0.05, 0) is 43.2 Å². The standard InChI is InChI=1S/C16H18N4O.2ClH/c17-12-6-7-15(18-11-12)16(21)19-13-4-3-5-14(10-13)20-8-1-2-9-20;;/h3-7,10-11H,1-2,8-9,17H2,(H,19,21);2*1H. The number of benzene rings is 1. The number of halogens is 2. The molecule has 0 bridgehead atoms. The van der Waals surface area contributed by atoms with Crippen molar-refractivity contribution >= 4 is 47.8 Å². The van der Waals surface area contributed by atoms with Crippen molar-refractivity contribution in [3.8, 4) is 0 Å². The minimum absolute atomic E-state index is 0. The van der Waals surface area contributed by atoms with Crippen molar-refractivity contribution in [2.24, 2.45) is 0 Å². The van der Waals surface area contributed by atoms with Crippen molar-refractivity contribution in [1.29, 1.82) is 0 Å². The molecule has 1 aromatic heterocycles. The summed E-state index contributed by atoms with van der Waals surface area (Å²) in [7, 11) is 0. The van der Waals surface area contributed by atoms with Crippen molar-refractivity contribution < 1.29 is 4.79 Å². The van der Waals surface area contributed by atoms with Crippen molar-refractivity contribution in [2.45, 2.75) is 12.8 Å². The summed E-state index contributed by atoms with van der Waals surface area (Å²) in [6, 6.07) is 11.2. The third kappa shape index (κ3) is 4.74. The van der Waals surface area contributed by atoms with Gasteiger partial charge in [0.15, 0.2) is 0 Å². The van der Waals surface area contributed by atoms with Gasteiger partial charge < -0.3 is 16.0 Å². The van der Waals surface area contributed by atoms with Gasteiger partial charge in [0.1, 0.15) is 5.69 Å². The molecule has 0 aliphatic carbocycles. The Morgan fingerprint density at radius 3 is 2.52 bits per heavy atom. The second-order valence-corrected chi connectivity index (χ2v) is 5.18. The third-order valence-electron chi connectivity index (χ3n) is 3.59. The van der Waals surface area contributed by atoms with Crippen LogP contribution >= 0.6 is 24.8 Å². The van der Waals surface area contributed by atoms with Gasteiger partial charge >= 0.3 is 0 Å². The normalized spacial score (nSPS) is 13.0. The van der Waals surface area contributed by atoms with Crippen LogP contribution in [0.25, 0.3) is 0 Å². The number of nitrogens with one attached hydrogen (secondary N) is 1. The monoisotopic (exact) mass is 354 g/mol. The van der Waals surface area contributed by atoms with Gasteiger partial charge in [-0.25, -0.2) is 4.98 Å². The van der Waals surface area contributed by atoms with E-state index in [4.69, 9.17) is 5.73 Å². The Hall–Kier alpha value is -1.98. The van der Waals surface area contributed by atoms with Crippen LogP contribution in [0.3, 0.4) is 0 Å². The first-order chi connectivity index (χ1) is 10.2. The van der Waals surface area contributed by atoms with Gasteiger partial charge in [-0.1, -0.05) is 6.07 Å². The van der Waals surface area contributed by atoms with E-state index < -0.39 is 0 Å². The van der Waals surface area contributed by atoms with E-state index in [2.05, 4.69) is 21.3 Å². The topological polar surface area (TPSA) is 71.2 Å². The van der Waals surface area contributed by atoms with Crippen LogP contribution in [0.4, 0.5) is 17.1 Å². The molecule has 124 valence electrons. The summed E-state index contributed by atoms with van der Waals surface area (Å²) in [5.41, 5.74) is 8.40. The average molecular weight is 355 g/mol. The smallest absolute Gasteiger partial charge is 0.274 e. The molecule has 1 aromatic carbocycles. The molecule has 7 heteroatoms. The fourth-order valence-corrected chi connectivity index (χ4v) is 2.49. The molecule has 2 aromatic rings. The van der Waals surface area contributed by atoms with E-state index >= 15 is 0 Å². The number of nitrogen functional groups attached to an aromatic ring is 1. The van der Waals surface area contributed by atoms with E-state index in [9.17, 15) is 4.79 Å². The molecule has 0 saturated carbocycles. The minimum Gasteiger partial charge on any atom is -0.397 e. The molecule has 23 heavy (non-hydrogen) atoms. The Bertz CT molecular complexity index is 643. The zero-order valence-electron chi connectivity index (χ0n) is 12.6. The van der Waals surface area contributed by atoms with Gasteiger partial charge in [-0.3, -0.25) is 4.79 Å². The molecule has 0 radical (unpaired) electrons. The van der Waals surface area contributed by atoms with Gasteiger partial charge in [-0.2, -0.15) is 0 Å². The van der Waals surface area contributed by atoms with Crippen molar-refractivity contribution in [3.63, 3.8) is 0 Å². The fraction of sp³-hybridized carbons (Fsp3) is 0.250. The number of anilines is 3. The molecule has 1 amide bonds. The second-order valence-electron chi connectivity index (χ2n) is 5.18. The Morgan fingerprint density at radius 2 is 1.87 bits per heavy atom. The number of aromatic nitrogens is 1. The van der Waals surface area contributed by atoms with Crippen LogP contribution in [0.5, 0.6) is 0 Å². The Balaban J connectivity index is 0.00000132. The predicted molar refractivity (Wildman–Crippen MR) is 99.0 cm³/mol. The zero-order valence-corrected chi connectivity index (χ0v) is 14.2. The number of nitrogens with zero attached hydrogens (tertiary/aromatic N) is 2. The molecule has 0 atom stereocenters. The summed E-state index contributed by atoms with van der Waals surface area (Å²) >= 11 is 0. The largest absolute Gasteiger partial charge is 0.397 e. The van der Waals surface area contributed by atoms with Gasteiger partial charge in [-0.15, -0.1) is 24.8 Å². The number of hydrogen-bond donors (Lipinski definition) is 2. The zero-order chi connectivity index (χ0) is 14.7. The first kappa shape index (κ1) is 19.1. The molecule has 1 saturated heterocycles. The maximum Gasteiger partial charge on any atom is 0.274 e. The summed E-state index contributed by atoms with van der Waals surface area (Å²) in [4.78, 5) is 18.5. The molecular formula is C16H20Cl2N4O. The molecule has 1 aliphatic rings. The summed E-state index contributed by atoms with van der Waals surface area (Å²) in [5, 5.41) is 2.87. The van der Waals surface area contributed by atoms with Crippen molar-refractivity contribution in [1.82, 2.24) is 4.98 Å². The van der Waals surface area contributed by atoms with Crippen LogP contribution in [0.15, 0.2) is 42.6 Å². The van der Waals surface area contributed by atoms with E-state index in [1.165, 1.54) is 19.0 Å². The van der Waals surface area contributed by atoms with E-state index in [0.717, 1.165) is 24.5 Å². The summed E-state index contributed by atoms with van der Waals surface area (Å²) in [5.74, 6) is -0.228. The van der Waals surface area contributed by atoms with Gasteiger partial charge in [0, 0.05) is 24.5 Å². The molecular weight excluding hydrogens is 335 g/mol. The van der Waals surface area contributed by atoms with Crippen molar-refractivity contribution in [2.75, 3.05) is 29.0 Å². The van der Waals surface area contributed by atoms with Gasteiger partial charge in [0.05, 0.1) is 11.9 Å². The molecule has 2 heterocycles. The molecule has 0 unspecified atom stereocenters. The predicted octanol–water partition coefficient (Wildman–Crippen LogP) is 3.36. The second kappa shape index (κ2) is 8.60. The van der Waals surface area contributed by atoms with Gasteiger partial charge in [0.25, 0.3) is 5.91 Å². The SMILES string of the molecule is Cl.Cl.Nc1ccc(C(=O)Nc2cccc(N3CCCC3)c2)nc1. The number of pyridine rings is 1. The van der Waals surface area contributed by atoms with E-state index in [0.29, 0.717) is 11.4 Å². The highest BCUT2D eigenvalue weighted by Gasteiger charge is 2.13. The maximum atomic E-state index is 12.1. The Labute approximate surface area is 148 Å². The lowest BCUT2D eigenvalue weighted by molar-refractivity contribution is 0.102. The highest BCUT2D eigenvalue weighted by Crippen LogP contribution is 2.23. The van der Waals surface area contributed by atoms with E-state index in [-0.39, 0.29) is 30.7 Å². The van der Waals surface area contributed by atoms with E-state index in [1.807, 2.05) is 18.2 Å². The van der Waals surface area contributed by atoms with Crippen LogP contribution in [0.2, 0.25) is 0 Å². The average Bonchev–Trinajstić information content (AvgIpc) is 3.02. The van der Waals surface area contributed by atoms with Crippen LogP contribution in [-0.2, 0) is 0 Å². The number of amides is 1. The van der Waals surface area contributed by atoms with Crippen LogP contribution in [-0.4, -0.2) is 24.0 Å². The van der Waals surface area contributed by atoms with Crippen LogP contribution < -0.4 is 16.0 Å². The van der Waals surface area contributed by atoms with Gasteiger partial charge in [0.2, 0.25) is 0 Å². The van der Waals surface area contributed by atoms with E-state index in [1.54, 1.807) is 12.1 Å². The van der Waals surface area contributed by atoms with Crippen molar-refractivity contribution in [3.05, 3.63) is 48.3 Å². The highest BCUT2D eigenvalue weighted by atomic mass is 35.5. The minimum atomic E-state index is -0.228. The molecule has 1 fully saturated rings. The molecule has 0 spiro atoms. The first-order valence-electron chi connectivity index (χ1n) is 7.10. The first-order valence-corrected chi connectivity index (χ1v) is 7.10. The lowest BCUT2D eigenvalue weighted by Gasteiger charge is -2.18. The Morgan fingerprint density at radius 1 is 1.13 bits per heavy atom. The summed E-state index contributed by atoms with van der Waals surface area (Å²) in [6.07, 6.45) is 3.94. The lowest BCUT2D eigenvalue weighted by Crippen LogP contribution is -2.18. The number of carbonyl (C=O) groups excluding carboxylic acids is 1. The molecule has 3 N–H and O–H groups in total. The molecule has 3 rings (SSSR count). The molecule has 1 aliphatic heterocycles. The quantitative estimate of drug-likeness (QED) is 0.886. The van der Waals surface area contributed by atoms with Crippen LogP contribution in [0.1, 0.15) is 23.3 Å². The number of nitrogens with two attached hydrogens (primary N) is 1. The number of rotatable bonds is 3. The fourth-order valence-electron chi connectivity index (χ4n) is 2.49.